The molecule has 0 spiro atoms. The van der Waals surface area contributed by atoms with Crippen LogP contribution in [0.4, 0.5) is 10.1 Å². The number of nitrogens with one attached hydrogen (secondary N) is 1. The summed E-state index contributed by atoms with van der Waals surface area (Å²) in [5.74, 6) is -0.397. The molecule has 2 aromatic carbocycles. The average molecular weight is 419 g/mol. The zero-order valence-electron chi connectivity index (χ0n) is 11.4. The van der Waals surface area contributed by atoms with Gasteiger partial charge in [-0.2, -0.15) is 0 Å². The number of halogens is 2. The first-order chi connectivity index (χ1) is 9.92. The van der Waals surface area contributed by atoms with Crippen LogP contribution in [0.15, 0.2) is 47.4 Å². The second-order valence-corrected chi connectivity index (χ2v) is 7.47. The average Bonchev–Trinajstić information content (AvgIpc) is 2.43. The van der Waals surface area contributed by atoms with Crippen LogP contribution in [-0.2, 0) is 16.4 Å². The van der Waals surface area contributed by atoms with Crippen molar-refractivity contribution in [3.63, 3.8) is 0 Å². The Morgan fingerprint density at radius 3 is 2.38 bits per heavy atom. The molecular formula is C15H15FINO2S. The fourth-order valence-corrected chi connectivity index (χ4v) is 3.77. The molecule has 0 aliphatic heterocycles. The Morgan fingerprint density at radius 1 is 1.14 bits per heavy atom. The van der Waals surface area contributed by atoms with Crippen LogP contribution in [0.25, 0.3) is 0 Å². The van der Waals surface area contributed by atoms with Crippen LogP contribution < -0.4 is 4.72 Å². The number of benzene rings is 2. The highest BCUT2D eigenvalue weighted by atomic mass is 127. The summed E-state index contributed by atoms with van der Waals surface area (Å²) in [7, 11) is -3.66. The molecule has 2 aromatic rings. The molecule has 0 saturated carbocycles. The Kier molecular flexibility index (Phi) is 5.21. The third-order valence-corrected chi connectivity index (χ3v) is 5.22. The summed E-state index contributed by atoms with van der Waals surface area (Å²) < 4.78 is 40.6. The highest BCUT2D eigenvalue weighted by Gasteiger charge is 2.15. The normalized spacial score (nSPS) is 11.4. The lowest BCUT2D eigenvalue weighted by Gasteiger charge is -2.10. The van der Waals surface area contributed by atoms with E-state index >= 15 is 0 Å². The Labute approximate surface area is 137 Å². The molecule has 3 nitrogen and oxygen atoms in total. The van der Waals surface area contributed by atoms with Crippen molar-refractivity contribution < 1.29 is 12.8 Å². The van der Waals surface area contributed by atoms with E-state index in [4.69, 9.17) is 0 Å². The number of hydrogen-bond acceptors (Lipinski definition) is 2. The lowest BCUT2D eigenvalue weighted by molar-refractivity contribution is 0.601. The van der Waals surface area contributed by atoms with Gasteiger partial charge in [0.1, 0.15) is 5.82 Å². The summed E-state index contributed by atoms with van der Waals surface area (Å²) in [5.41, 5.74) is 1.47. The summed E-state index contributed by atoms with van der Waals surface area (Å²) in [6, 6.07) is 10.7. The topological polar surface area (TPSA) is 46.2 Å². The molecule has 6 heteroatoms. The minimum Gasteiger partial charge on any atom is -0.279 e. The van der Waals surface area contributed by atoms with E-state index in [0.29, 0.717) is 9.26 Å². The Hall–Kier alpha value is -1.15. The van der Waals surface area contributed by atoms with E-state index in [0.717, 1.165) is 18.4 Å². The van der Waals surface area contributed by atoms with Crippen LogP contribution in [-0.4, -0.2) is 8.42 Å². The molecule has 0 heterocycles. The van der Waals surface area contributed by atoms with Crippen LogP contribution in [0.2, 0.25) is 0 Å². The summed E-state index contributed by atoms with van der Waals surface area (Å²) >= 11 is 1.89. The van der Waals surface area contributed by atoms with Crippen molar-refractivity contribution in [2.75, 3.05) is 4.72 Å². The fourth-order valence-electron chi connectivity index (χ4n) is 1.90. The minimum atomic E-state index is -3.66. The molecule has 2 rings (SSSR count). The summed E-state index contributed by atoms with van der Waals surface area (Å²) in [6.45, 7) is 2.07. The van der Waals surface area contributed by atoms with Gasteiger partial charge in [-0.15, -0.1) is 0 Å². The quantitative estimate of drug-likeness (QED) is 0.740. The lowest BCUT2D eigenvalue weighted by atomic mass is 10.1. The summed E-state index contributed by atoms with van der Waals surface area (Å²) in [6.07, 6.45) is 1.93. The second kappa shape index (κ2) is 6.74. The van der Waals surface area contributed by atoms with E-state index in [1.165, 1.54) is 18.2 Å². The maximum absolute atomic E-state index is 13.0. The summed E-state index contributed by atoms with van der Waals surface area (Å²) in [4.78, 5) is 0.197. The van der Waals surface area contributed by atoms with Gasteiger partial charge in [-0.05, 0) is 64.9 Å². The van der Waals surface area contributed by atoms with Crippen LogP contribution in [0.1, 0.15) is 18.9 Å². The molecule has 0 fully saturated rings. The molecule has 0 saturated heterocycles. The van der Waals surface area contributed by atoms with Gasteiger partial charge in [0, 0.05) is 3.57 Å². The van der Waals surface area contributed by atoms with Crippen LogP contribution in [0.3, 0.4) is 0 Å². The lowest BCUT2D eigenvalue weighted by Crippen LogP contribution is -2.13. The first-order valence-corrected chi connectivity index (χ1v) is 9.05. The number of aryl methyl sites for hydroxylation is 1. The zero-order valence-corrected chi connectivity index (χ0v) is 14.4. The molecule has 21 heavy (non-hydrogen) atoms. The van der Waals surface area contributed by atoms with E-state index in [1.54, 1.807) is 12.1 Å². The molecule has 0 unspecified atom stereocenters. The number of rotatable bonds is 5. The molecule has 112 valence electrons. The molecule has 0 atom stereocenters. The summed E-state index contributed by atoms with van der Waals surface area (Å²) in [5, 5.41) is 0. The second-order valence-electron chi connectivity index (χ2n) is 4.62. The monoisotopic (exact) mass is 419 g/mol. The van der Waals surface area contributed by atoms with E-state index in [9.17, 15) is 12.8 Å². The largest absolute Gasteiger partial charge is 0.279 e. The van der Waals surface area contributed by atoms with Crippen LogP contribution in [0.5, 0.6) is 0 Å². The van der Waals surface area contributed by atoms with Gasteiger partial charge in [-0.3, -0.25) is 4.72 Å². The molecule has 1 N–H and O–H groups in total. The Balaban J connectivity index is 2.25. The van der Waals surface area contributed by atoms with Crippen molar-refractivity contribution in [3.05, 3.63) is 57.4 Å². The van der Waals surface area contributed by atoms with Gasteiger partial charge in [0.15, 0.2) is 0 Å². The standard InChI is InChI=1S/C15H15FINO2S/c1-2-3-11-4-7-13(8-5-11)21(19,20)18-15-9-6-12(16)10-14(15)17/h4-10,18H,2-3H2,1H3. The molecule has 0 aliphatic carbocycles. The van der Waals surface area contributed by atoms with E-state index in [2.05, 4.69) is 11.6 Å². The van der Waals surface area contributed by atoms with Crippen molar-refractivity contribution in [2.45, 2.75) is 24.7 Å². The first-order valence-electron chi connectivity index (χ1n) is 6.49. The van der Waals surface area contributed by atoms with Crippen LogP contribution in [0, 0.1) is 9.39 Å². The number of anilines is 1. The van der Waals surface area contributed by atoms with E-state index in [-0.39, 0.29) is 4.90 Å². The SMILES string of the molecule is CCCc1ccc(S(=O)(=O)Nc2ccc(F)cc2I)cc1. The van der Waals surface area contributed by atoms with Crippen molar-refractivity contribution in [3.8, 4) is 0 Å². The van der Waals surface area contributed by atoms with Gasteiger partial charge in [-0.1, -0.05) is 25.5 Å². The Bertz CT molecular complexity index is 730. The van der Waals surface area contributed by atoms with Crippen molar-refractivity contribution in [1.29, 1.82) is 0 Å². The minimum absolute atomic E-state index is 0.197. The van der Waals surface area contributed by atoms with Crippen molar-refractivity contribution in [2.24, 2.45) is 0 Å². The molecular weight excluding hydrogens is 404 g/mol. The molecule has 0 bridgehead atoms. The molecule has 0 radical (unpaired) electrons. The zero-order chi connectivity index (χ0) is 15.5. The third kappa shape index (κ3) is 4.16. The number of hydrogen-bond donors (Lipinski definition) is 1. The van der Waals surface area contributed by atoms with E-state index in [1.807, 2.05) is 34.7 Å². The Morgan fingerprint density at radius 2 is 1.81 bits per heavy atom. The van der Waals surface area contributed by atoms with Gasteiger partial charge in [0.05, 0.1) is 10.6 Å². The first kappa shape index (κ1) is 16.2. The fraction of sp³-hybridized carbons (Fsp3) is 0.200. The van der Waals surface area contributed by atoms with Gasteiger partial charge < -0.3 is 0 Å². The van der Waals surface area contributed by atoms with Gasteiger partial charge >= 0.3 is 0 Å². The maximum Gasteiger partial charge on any atom is 0.261 e. The third-order valence-electron chi connectivity index (χ3n) is 2.95. The predicted octanol–water partition coefficient (Wildman–Crippen LogP) is 4.18. The van der Waals surface area contributed by atoms with Crippen molar-refractivity contribution in [1.82, 2.24) is 0 Å². The van der Waals surface area contributed by atoms with Gasteiger partial charge in [0.2, 0.25) is 0 Å². The predicted molar refractivity (Wildman–Crippen MR) is 90.4 cm³/mol. The maximum atomic E-state index is 13.0. The highest BCUT2D eigenvalue weighted by Crippen LogP contribution is 2.23. The highest BCUT2D eigenvalue weighted by molar-refractivity contribution is 14.1. The molecule has 0 aromatic heterocycles. The van der Waals surface area contributed by atoms with E-state index < -0.39 is 15.8 Å². The molecule has 0 amide bonds. The molecule has 0 aliphatic rings. The van der Waals surface area contributed by atoms with Crippen molar-refractivity contribution >= 4 is 38.3 Å². The van der Waals surface area contributed by atoms with Gasteiger partial charge in [0.25, 0.3) is 10.0 Å². The van der Waals surface area contributed by atoms with Gasteiger partial charge in [-0.25, -0.2) is 12.8 Å². The number of sulfonamides is 1. The van der Waals surface area contributed by atoms with Crippen LogP contribution >= 0.6 is 22.6 Å². The smallest absolute Gasteiger partial charge is 0.261 e.